The van der Waals surface area contributed by atoms with E-state index in [4.69, 9.17) is 0 Å². The van der Waals surface area contributed by atoms with E-state index in [2.05, 4.69) is 58.7 Å². The predicted molar refractivity (Wildman–Crippen MR) is 107 cm³/mol. The summed E-state index contributed by atoms with van der Waals surface area (Å²) < 4.78 is 0. The molecular weight excluding hydrogens is 336 g/mol. The monoisotopic (exact) mass is 362 g/mol. The quantitative estimate of drug-likeness (QED) is 0.428. The second kappa shape index (κ2) is 10.4. The van der Waals surface area contributed by atoms with E-state index in [1.54, 1.807) is 18.4 Å². The summed E-state index contributed by atoms with van der Waals surface area (Å²) in [5.74, 6) is 2.93. The molecule has 0 amide bonds. The molecule has 130 valence electrons. The van der Waals surface area contributed by atoms with Gasteiger partial charge in [-0.1, -0.05) is 36.8 Å². The SMILES string of the molecule is CCc1cnc(CNC(=NC)NCCSCc2ccc(C)cc2)s1. The topological polar surface area (TPSA) is 49.3 Å². The minimum Gasteiger partial charge on any atom is -0.356 e. The molecule has 0 aliphatic carbocycles. The van der Waals surface area contributed by atoms with Gasteiger partial charge in [-0.15, -0.1) is 11.3 Å². The van der Waals surface area contributed by atoms with Crippen molar-refractivity contribution in [2.75, 3.05) is 19.3 Å². The van der Waals surface area contributed by atoms with Gasteiger partial charge in [-0.25, -0.2) is 4.98 Å². The van der Waals surface area contributed by atoms with Crippen LogP contribution in [0.3, 0.4) is 0 Å². The molecule has 0 atom stereocenters. The highest BCUT2D eigenvalue weighted by atomic mass is 32.2. The second-order valence-electron chi connectivity index (χ2n) is 5.46. The van der Waals surface area contributed by atoms with Crippen molar-refractivity contribution in [3.05, 3.63) is 51.5 Å². The molecule has 0 fully saturated rings. The van der Waals surface area contributed by atoms with Crippen LogP contribution in [0.1, 0.15) is 27.9 Å². The molecule has 2 rings (SSSR count). The fraction of sp³-hybridized carbons (Fsp3) is 0.444. The third-order valence-electron chi connectivity index (χ3n) is 3.51. The Bertz CT molecular complexity index is 635. The number of guanidine groups is 1. The Morgan fingerprint density at radius 1 is 1.25 bits per heavy atom. The number of thiazole rings is 1. The van der Waals surface area contributed by atoms with Crippen LogP contribution in [0.5, 0.6) is 0 Å². The Kier molecular flexibility index (Phi) is 8.12. The number of thioether (sulfide) groups is 1. The highest BCUT2D eigenvalue weighted by molar-refractivity contribution is 7.98. The van der Waals surface area contributed by atoms with Crippen molar-refractivity contribution in [1.29, 1.82) is 0 Å². The summed E-state index contributed by atoms with van der Waals surface area (Å²) >= 11 is 3.69. The van der Waals surface area contributed by atoms with Crippen LogP contribution in [0.2, 0.25) is 0 Å². The van der Waals surface area contributed by atoms with Crippen molar-refractivity contribution in [2.45, 2.75) is 32.6 Å². The van der Waals surface area contributed by atoms with Crippen LogP contribution in [0, 0.1) is 6.92 Å². The van der Waals surface area contributed by atoms with Crippen LogP contribution in [0.15, 0.2) is 35.5 Å². The lowest BCUT2D eigenvalue weighted by molar-refractivity contribution is 0.827. The molecule has 2 aromatic rings. The van der Waals surface area contributed by atoms with E-state index in [1.807, 2.05) is 18.0 Å². The molecule has 1 aromatic carbocycles. The van der Waals surface area contributed by atoms with Crippen molar-refractivity contribution in [3.8, 4) is 0 Å². The van der Waals surface area contributed by atoms with Crippen molar-refractivity contribution in [3.63, 3.8) is 0 Å². The molecule has 1 heterocycles. The number of hydrogen-bond acceptors (Lipinski definition) is 4. The van der Waals surface area contributed by atoms with Gasteiger partial charge in [0.2, 0.25) is 0 Å². The fourth-order valence-corrected chi connectivity index (χ4v) is 3.71. The smallest absolute Gasteiger partial charge is 0.191 e. The minimum atomic E-state index is 0.723. The molecule has 2 N–H and O–H groups in total. The number of nitrogens with one attached hydrogen (secondary N) is 2. The van der Waals surface area contributed by atoms with Gasteiger partial charge in [-0.3, -0.25) is 4.99 Å². The van der Waals surface area contributed by atoms with E-state index in [9.17, 15) is 0 Å². The first kappa shape index (κ1) is 18.8. The van der Waals surface area contributed by atoms with E-state index < -0.39 is 0 Å². The summed E-state index contributed by atoms with van der Waals surface area (Å²) in [5.41, 5.74) is 2.69. The van der Waals surface area contributed by atoms with Gasteiger partial charge in [0, 0.05) is 36.2 Å². The fourth-order valence-electron chi connectivity index (χ4n) is 2.09. The van der Waals surface area contributed by atoms with Crippen molar-refractivity contribution in [2.24, 2.45) is 4.99 Å². The Balaban J connectivity index is 1.61. The van der Waals surface area contributed by atoms with Gasteiger partial charge in [0.25, 0.3) is 0 Å². The standard InChI is InChI=1S/C18H26N4S2/c1-4-16-11-21-17(24-16)12-22-18(19-3)20-9-10-23-13-15-7-5-14(2)6-8-15/h5-8,11H,4,9-10,12-13H2,1-3H3,(H2,19,20,22). The lowest BCUT2D eigenvalue weighted by Gasteiger charge is -2.10. The van der Waals surface area contributed by atoms with Gasteiger partial charge in [0.15, 0.2) is 5.96 Å². The van der Waals surface area contributed by atoms with Gasteiger partial charge < -0.3 is 10.6 Å². The Morgan fingerprint density at radius 2 is 2.04 bits per heavy atom. The Hall–Kier alpha value is -1.53. The zero-order valence-electron chi connectivity index (χ0n) is 14.6. The number of aromatic nitrogens is 1. The highest BCUT2D eigenvalue weighted by Gasteiger charge is 2.02. The number of hydrogen-bond donors (Lipinski definition) is 2. The average Bonchev–Trinajstić information content (AvgIpc) is 3.07. The number of aliphatic imine (C=N–C) groups is 1. The maximum atomic E-state index is 4.41. The molecule has 0 radical (unpaired) electrons. The first-order valence-corrected chi connectivity index (χ1v) is 10.2. The predicted octanol–water partition coefficient (Wildman–Crippen LogP) is 3.61. The molecule has 0 spiro atoms. The van der Waals surface area contributed by atoms with E-state index in [-0.39, 0.29) is 0 Å². The van der Waals surface area contributed by atoms with Gasteiger partial charge in [0.1, 0.15) is 5.01 Å². The molecule has 0 unspecified atom stereocenters. The van der Waals surface area contributed by atoms with E-state index in [0.29, 0.717) is 0 Å². The highest BCUT2D eigenvalue weighted by Crippen LogP contribution is 2.13. The lowest BCUT2D eigenvalue weighted by Crippen LogP contribution is -2.37. The van der Waals surface area contributed by atoms with Crippen LogP contribution >= 0.6 is 23.1 Å². The van der Waals surface area contributed by atoms with Crippen molar-refractivity contribution < 1.29 is 0 Å². The second-order valence-corrected chi connectivity index (χ2v) is 7.77. The van der Waals surface area contributed by atoms with Gasteiger partial charge in [0.05, 0.1) is 6.54 Å². The van der Waals surface area contributed by atoms with Crippen LogP contribution in [0.4, 0.5) is 0 Å². The molecule has 0 saturated carbocycles. The molecule has 1 aromatic heterocycles. The first-order valence-electron chi connectivity index (χ1n) is 8.22. The third kappa shape index (κ3) is 6.53. The van der Waals surface area contributed by atoms with Gasteiger partial charge in [-0.2, -0.15) is 11.8 Å². The zero-order valence-corrected chi connectivity index (χ0v) is 16.3. The van der Waals surface area contributed by atoms with Crippen LogP contribution in [0.25, 0.3) is 0 Å². The maximum Gasteiger partial charge on any atom is 0.191 e. The third-order valence-corrected chi connectivity index (χ3v) is 5.68. The van der Waals surface area contributed by atoms with Gasteiger partial charge >= 0.3 is 0 Å². The maximum absolute atomic E-state index is 4.41. The summed E-state index contributed by atoms with van der Waals surface area (Å²) in [4.78, 5) is 9.99. The minimum absolute atomic E-state index is 0.723. The Morgan fingerprint density at radius 3 is 2.71 bits per heavy atom. The molecule has 24 heavy (non-hydrogen) atoms. The van der Waals surface area contributed by atoms with Crippen LogP contribution in [-0.4, -0.2) is 30.3 Å². The molecular formula is C18H26N4S2. The number of rotatable bonds is 8. The molecule has 0 aliphatic rings. The largest absolute Gasteiger partial charge is 0.356 e. The summed E-state index contributed by atoms with van der Waals surface area (Å²) in [6.45, 7) is 5.89. The van der Waals surface area contributed by atoms with Crippen molar-refractivity contribution >= 4 is 29.1 Å². The number of aryl methyl sites for hydroxylation is 2. The number of nitrogens with zero attached hydrogens (tertiary/aromatic N) is 2. The summed E-state index contributed by atoms with van der Waals surface area (Å²) in [7, 11) is 1.80. The Labute approximate surface area is 153 Å². The average molecular weight is 363 g/mol. The lowest BCUT2D eigenvalue weighted by atomic mass is 10.2. The van der Waals surface area contributed by atoms with Gasteiger partial charge in [-0.05, 0) is 18.9 Å². The zero-order chi connectivity index (χ0) is 17.2. The first-order chi connectivity index (χ1) is 11.7. The normalized spacial score (nSPS) is 11.5. The molecule has 0 aliphatic heterocycles. The molecule has 4 nitrogen and oxygen atoms in total. The number of benzene rings is 1. The molecule has 6 heteroatoms. The van der Waals surface area contributed by atoms with Crippen molar-refractivity contribution in [1.82, 2.24) is 15.6 Å². The molecule has 0 bridgehead atoms. The van der Waals surface area contributed by atoms with E-state index in [1.165, 1.54) is 16.0 Å². The summed E-state index contributed by atoms with van der Waals surface area (Å²) in [6.07, 6.45) is 3.00. The summed E-state index contributed by atoms with van der Waals surface area (Å²) in [6, 6.07) is 8.74. The van der Waals surface area contributed by atoms with E-state index in [0.717, 1.165) is 42.0 Å². The van der Waals surface area contributed by atoms with E-state index >= 15 is 0 Å². The molecule has 0 saturated heterocycles. The van der Waals surface area contributed by atoms with Crippen LogP contribution < -0.4 is 10.6 Å². The summed E-state index contributed by atoms with van der Waals surface area (Å²) in [5, 5.41) is 7.77. The van der Waals surface area contributed by atoms with Crippen LogP contribution in [-0.2, 0) is 18.7 Å².